The third-order valence-electron chi connectivity index (χ3n) is 6.61. The number of rotatable bonds is 7. The molecule has 8 heteroatoms. The molecule has 2 unspecified atom stereocenters. The van der Waals surface area contributed by atoms with E-state index in [1.807, 2.05) is 35.7 Å². The van der Waals surface area contributed by atoms with Crippen LogP contribution in [0.4, 0.5) is 4.79 Å². The topological polar surface area (TPSA) is 81.7 Å². The molecular weight excluding hydrogens is 452 g/mol. The number of nitrogens with one attached hydrogen (secondary N) is 1. The van der Waals surface area contributed by atoms with Crippen LogP contribution in [0.5, 0.6) is 0 Å². The van der Waals surface area contributed by atoms with Crippen LogP contribution >= 0.6 is 11.3 Å². The maximum absolute atomic E-state index is 13.3. The molecule has 3 aliphatic heterocycles. The van der Waals surface area contributed by atoms with E-state index in [9.17, 15) is 14.4 Å². The van der Waals surface area contributed by atoms with E-state index in [0.717, 1.165) is 30.8 Å². The number of amides is 1. The zero-order valence-corrected chi connectivity index (χ0v) is 20.8. The van der Waals surface area contributed by atoms with Gasteiger partial charge in [0.25, 0.3) is 0 Å². The highest BCUT2D eigenvalue weighted by Gasteiger charge is 2.49. The maximum Gasteiger partial charge on any atom is 0.408 e. The lowest BCUT2D eigenvalue weighted by Gasteiger charge is -2.51. The Morgan fingerprint density at radius 1 is 1.09 bits per heavy atom. The van der Waals surface area contributed by atoms with Gasteiger partial charge in [-0.2, -0.15) is 0 Å². The molecule has 1 aromatic carbocycles. The molecule has 7 nitrogen and oxygen atoms in total. The molecule has 3 aliphatic rings. The third-order valence-corrected chi connectivity index (χ3v) is 7.52. The van der Waals surface area contributed by atoms with Gasteiger partial charge in [-0.15, -0.1) is 11.3 Å². The highest BCUT2D eigenvalue weighted by atomic mass is 32.1. The van der Waals surface area contributed by atoms with Gasteiger partial charge in [0.15, 0.2) is 12.1 Å². The number of esters is 1. The molecule has 34 heavy (non-hydrogen) atoms. The van der Waals surface area contributed by atoms with Gasteiger partial charge in [0, 0.05) is 18.8 Å². The number of hydrogen-bond acceptors (Lipinski definition) is 6. The van der Waals surface area contributed by atoms with Crippen LogP contribution in [0.1, 0.15) is 54.9 Å². The molecule has 5 rings (SSSR count). The second kappa shape index (κ2) is 9.88. The van der Waals surface area contributed by atoms with Crippen LogP contribution < -0.4 is 5.32 Å². The van der Waals surface area contributed by atoms with Crippen molar-refractivity contribution in [2.24, 2.45) is 5.92 Å². The molecule has 3 fully saturated rings. The zero-order chi connectivity index (χ0) is 24.3. The first-order valence-electron chi connectivity index (χ1n) is 11.8. The number of Topliss-reactive ketones (excluding diaryl/α,β-unsaturated/α-hetero) is 1. The Morgan fingerprint density at radius 2 is 1.79 bits per heavy atom. The summed E-state index contributed by atoms with van der Waals surface area (Å²) in [7, 11) is 0. The standard InChI is InChI=1S/C26H32N2O5S/c1-26(2,3)33-25(31)27-23(19-8-5-4-6-9-19)24(30)32-21-17-28(13-11-18(21)12-14-28)16-20(29)22-10-7-15-34-22/h4-10,15,18,21,23H,11-14,16-17H2,1-3H3/p+1. The van der Waals surface area contributed by atoms with Gasteiger partial charge in [-0.1, -0.05) is 36.4 Å². The summed E-state index contributed by atoms with van der Waals surface area (Å²) in [5.74, 6) is -0.0773. The predicted octanol–water partition coefficient (Wildman–Crippen LogP) is 4.35. The summed E-state index contributed by atoms with van der Waals surface area (Å²) >= 11 is 1.47. The fraction of sp³-hybridized carbons (Fsp3) is 0.500. The predicted molar refractivity (Wildman–Crippen MR) is 130 cm³/mol. The van der Waals surface area contributed by atoms with E-state index in [-0.39, 0.29) is 17.8 Å². The Balaban J connectivity index is 1.46. The van der Waals surface area contributed by atoms with Crippen molar-refractivity contribution in [3.8, 4) is 0 Å². The highest BCUT2D eigenvalue weighted by molar-refractivity contribution is 7.12. The number of nitrogens with zero attached hydrogens (tertiary/aromatic N) is 1. The number of quaternary nitrogens is 1. The van der Waals surface area contributed by atoms with E-state index in [4.69, 9.17) is 9.47 Å². The molecule has 2 aromatic rings. The van der Waals surface area contributed by atoms with Crippen LogP contribution in [-0.2, 0) is 14.3 Å². The average molecular weight is 486 g/mol. The summed E-state index contributed by atoms with van der Waals surface area (Å²) in [5.41, 5.74) is -0.0483. The van der Waals surface area contributed by atoms with Crippen molar-refractivity contribution < 1.29 is 28.3 Å². The van der Waals surface area contributed by atoms with E-state index in [2.05, 4.69) is 5.32 Å². The minimum absolute atomic E-state index is 0.147. The molecular formula is C26H33N2O5S+. The minimum atomic E-state index is -0.965. The second-order valence-corrected chi connectivity index (χ2v) is 11.3. The molecule has 0 saturated carbocycles. The van der Waals surface area contributed by atoms with E-state index in [0.29, 0.717) is 23.1 Å². The van der Waals surface area contributed by atoms with Gasteiger partial charge in [0.05, 0.1) is 18.0 Å². The minimum Gasteiger partial charge on any atom is -0.454 e. The number of carbonyl (C=O) groups excluding carboxylic acids is 3. The van der Waals surface area contributed by atoms with Crippen molar-refractivity contribution in [2.75, 3.05) is 26.2 Å². The third kappa shape index (κ3) is 5.85. The van der Waals surface area contributed by atoms with Crippen molar-refractivity contribution in [3.05, 3.63) is 58.3 Å². The van der Waals surface area contributed by atoms with Crippen molar-refractivity contribution >= 4 is 29.2 Å². The molecule has 0 aliphatic carbocycles. The summed E-state index contributed by atoms with van der Waals surface area (Å²) in [6.45, 7) is 8.23. The Morgan fingerprint density at radius 3 is 2.41 bits per heavy atom. The van der Waals surface area contributed by atoms with Gasteiger partial charge in [-0.05, 0) is 37.8 Å². The zero-order valence-electron chi connectivity index (χ0n) is 20.0. The quantitative estimate of drug-likeness (QED) is 0.358. The van der Waals surface area contributed by atoms with E-state index in [1.54, 1.807) is 32.9 Å². The molecule has 1 N–H and O–H groups in total. The number of ether oxygens (including phenoxy) is 2. The van der Waals surface area contributed by atoms with Crippen LogP contribution in [0.25, 0.3) is 0 Å². The number of thiophene rings is 1. The monoisotopic (exact) mass is 485 g/mol. The van der Waals surface area contributed by atoms with Crippen molar-refractivity contribution in [3.63, 3.8) is 0 Å². The lowest BCUT2D eigenvalue weighted by Crippen LogP contribution is -2.65. The molecule has 2 atom stereocenters. The van der Waals surface area contributed by atoms with Gasteiger partial charge < -0.3 is 19.3 Å². The van der Waals surface area contributed by atoms with Gasteiger partial charge in [0.2, 0.25) is 5.78 Å². The first-order valence-corrected chi connectivity index (χ1v) is 12.7. The van der Waals surface area contributed by atoms with E-state index in [1.165, 1.54) is 11.3 Å². The molecule has 0 spiro atoms. The molecule has 4 heterocycles. The Bertz CT molecular complexity index is 1010. The lowest BCUT2D eigenvalue weighted by atomic mass is 9.83. The second-order valence-electron chi connectivity index (χ2n) is 10.3. The molecule has 1 aromatic heterocycles. The van der Waals surface area contributed by atoms with Crippen LogP contribution in [0.2, 0.25) is 0 Å². The average Bonchev–Trinajstić information content (AvgIpc) is 3.33. The highest BCUT2D eigenvalue weighted by Crippen LogP contribution is 2.36. The van der Waals surface area contributed by atoms with E-state index < -0.39 is 23.7 Å². The Kier molecular flexibility index (Phi) is 7.09. The number of benzene rings is 1. The Hall–Kier alpha value is -2.71. The summed E-state index contributed by atoms with van der Waals surface area (Å²) < 4.78 is 12.1. The summed E-state index contributed by atoms with van der Waals surface area (Å²) in [6.07, 6.45) is 0.895. The normalized spacial score (nSPS) is 24.8. The first kappa shape index (κ1) is 24.4. The van der Waals surface area contributed by atoms with Gasteiger partial charge >= 0.3 is 12.1 Å². The summed E-state index contributed by atoms with van der Waals surface area (Å²) in [6, 6.07) is 11.9. The smallest absolute Gasteiger partial charge is 0.408 e. The largest absolute Gasteiger partial charge is 0.454 e. The Labute approximate surface area is 204 Å². The summed E-state index contributed by atoms with van der Waals surface area (Å²) in [5, 5.41) is 4.61. The number of alkyl carbamates (subject to hydrolysis) is 1. The fourth-order valence-electron chi connectivity index (χ4n) is 4.96. The van der Waals surface area contributed by atoms with Crippen molar-refractivity contribution in [1.29, 1.82) is 0 Å². The first-order chi connectivity index (χ1) is 16.1. The fourth-order valence-corrected chi connectivity index (χ4v) is 5.62. The van der Waals surface area contributed by atoms with E-state index >= 15 is 0 Å². The van der Waals surface area contributed by atoms with Gasteiger partial charge in [-0.25, -0.2) is 9.59 Å². The molecule has 2 bridgehead atoms. The number of carbonyl (C=O) groups is 3. The number of piperidine rings is 3. The maximum atomic E-state index is 13.3. The molecule has 0 radical (unpaired) electrons. The number of hydrogen-bond donors (Lipinski definition) is 1. The number of fused-ring (bicyclic) bond motifs is 3. The SMILES string of the molecule is CC(C)(C)OC(=O)NC(C(=O)OC1C[N+]2(CC(=O)c3cccs3)CCC1CC2)c1ccccc1. The van der Waals surface area contributed by atoms with Gasteiger partial charge in [0.1, 0.15) is 18.7 Å². The molecule has 3 saturated heterocycles. The van der Waals surface area contributed by atoms with Crippen LogP contribution in [-0.4, -0.2) is 60.2 Å². The van der Waals surface area contributed by atoms with Crippen molar-refractivity contribution in [1.82, 2.24) is 5.32 Å². The van der Waals surface area contributed by atoms with Crippen LogP contribution in [0, 0.1) is 5.92 Å². The van der Waals surface area contributed by atoms with Crippen LogP contribution in [0.15, 0.2) is 47.8 Å². The summed E-state index contributed by atoms with van der Waals surface area (Å²) in [4.78, 5) is 39.4. The van der Waals surface area contributed by atoms with Crippen LogP contribution in [0.3, 0.4) is 0 Å². The molecule has 1 amide bonds. The lowest BCUT2D eigenvalue weighted by molar-refractivity contribution is -0.938. The molecule has 182 valence electrons. The number of ketones is 1. The van der Waals surface area contributed by atoms with Crippen molar-refractivity contribution in [2.45, 2.75) is 51.4 Å². The van der Waals surface area contributed by atoms with Gasteiger partial charge in [-0.3, -0.25) is 4.79 Å².